The number of pyridine rings is 1. The average molecular weight is 368 g/mol. The number of amides is 1. The Balaban J connectivity index is 1.86. The number of aryl methyl sites for hydroxylation is 2. The van der Waals surface area contributed by atoms with E-state index in [2.05, 4.69) is 26.9 Å². The minimum absolute atomic E-state index is 0.192. The first kappa shape index (κ1) is 17.9. The van der Waals surface area contributed by atoms with E-state index in [1.54, 1.807) is 13.2 Å². The van der Waals surface area contributed by atoms with Crippen molar-refractivity contribution in [2.24, 2.45) is 0 Å². The van der Waals surface area contributed by atoms with Crippen LogP contribution in [-0.4, -0.2) is 22.4 Å². The van der Waals surface area contributed by atoms with Crippen LogP contribution in [0.3, 0.4) is 0 Å². The lowest BCUT2D eigenvalue weighted by Gasteiger charge is -2.11. The maximum Gasteiger partial charge on any atom is 0.260 e. The molecule has 2 aromatic heterocycles. The van der Waals surface area contributed by atoms with Crippen LogP contribution in [0.25, 0.3) is 0 Å². The van der Waals surface area contributed by atoms with Crippen LogP contribution in [-0.2, 0) is 6.42 Å². The van der Waals surface area contributed by atoms with Gasteiger partial charge in [0, 0.05) is 11.8 Å². The molecule has 0 saturated heterocycles. The van der Waals surface area contributed by atoms with Gasteiger partial charge in [0.1, 0.15) is 10.8 Å². The summed E-state index contributed by atoms with van der Waals surface area (Å²) in [5, 5.41) is 6.81. The number of carbonyl (C=O) groups excluding carboxylic acids is 1. The quantitative estimate of drug-likeness (QED) is 0.674. The molecule has 0 aliphatic heterocycles. The molecule has 7 heteroatoms. The lowest BCUT2D eigenvalue weighted by molar-refractivity contribution is 0.102. The van der Waals surface area contributed by atoms with E-state index < -0.39 is 0 Å². The van der Waals surface area contributed by atoms with Crippen LogP contribution in [0.2, 0.25) is 0 Å². The predicted octanol–water partition coefficient (Wildman–Crippen LogP) is 4.41. The van der Waals surface area contributed by atoms with Crippen LogP contribution < -0.4 is 15.4 Å². The fourth-order valence-electron chi connectivity index (χ4n) is 2.57. The van der Waals surface area contributed by atoms with Gasteiger partial charge in [0.25, 0.3) is 5.91 Å². The number of nitrogens with one attached hydrogen (secondary N) is 2. The largest absolute Gasteiger partial charge is 0.481 e. The second kappa shape index (κ2) is 7.97. The van der Waals surface area contributed by atoms with E-state index in [1.165, 1.54) is 11.5 Å². The number of para-hydroxylation sites is 1. The third-order valence-corrected chi connectivity index (χ3v) is 4.76. The van der Waals surface area contributed by atoms with Gasteiger partial charge in [0.2, 0.25) is 5.88 Å². The van der Waals surface area contributed by atoms with Gasteiger partial charge in [-0.05, 0) is 42.6 Å². The first-order chi connectivity index (χ1) is 12.6. The molecule has 26 heavy (non-hydrogen) atoms. The lowest BCUT2D eigenvalue weighted by atomic mass is 10.1. The van der Waals surface area contributed by atoms with Crippen molar-refractivity contribution in [3.8, 4) is 5.88 Å². The number of ether oxygens (including phenoxy) is 1. The first-order valence-corrected chi connectivity index (χ1v) is 9.03. The van der Waals surface area contributed by atoms with Gasteiger partial charge in [-0.2, -0.15) is 9.36 Å². The van der Waals surface area contributed by atoms with Crippen LogP contribution >= 0.6 is 11.5 Å². The molecule has 1 aromatic carbocycles. The molecular formula is C19H20N4O2S. The standard InChI is InChI=1S/C19H20N4O2S/c1-4-13-8-5-6-9-14(13)20-18(24)17-12(2)23-26-19(17)22-15-10-7-11-16(21-15)25-3/h5-11H,4H2,1-3H3,(H,20,24)(H,21,22). The Hall–Kier alpha value is -2.93. The zero-order valence-electron chi connectivity index (χ0n) is 14.9. The molecular weight excluding hydrogens is 348 g/mol. The zero-order chi connectivity index (χ0) is 18.5. The van der Waals surface area contributed by atoms with Crippen molar-refractivity contribution in [2.45, 2.75) is 20.3 Å². The van der Waals surface area contributed by atoms with Crippen molar-refractivity contribution in [3.63, 3.8) is 0 Å². The summed E-state index contributed by atoms with van der Waals surface area (Å²) in [6, 6.07) is 13.2. The Morgan fingerprint density at radius 1 is 1.19 bits per heavy atom. The second-order valence-corrected chi connectivity index (χ2v) is 6.40. The molecule has 0 bridgehead atoms. The lowest BCUT2D eigenvalue weighted by Crippen LogP contribution is -2.15. The molecule has 0 radical (unpaired) electrons. The highest BCUT2D eigenvalue weighted by atomic mass is 32.1. The Kier molecular flexibility index (Phi) is 5.48. The highest BCUT2D eigenvalue weighted by Crippen LogP contribution is 2.29. The van der Waals surface area contributed by atoms with Crippen LogP contribution in [0, 0.1) is 6.92 Å². The van der Waals surface area contributed by atoms with Gasteiger partial charge >= 0.3 is 0 Å². The summed E-state index contributed by atoms with van der Waals surface area (Å²) in [6.07, 6.45) is 0.843. The summed E-state index contributed by atoms with van der Waals surface area (Å²) in [5.74, 6) is 0.901. The van der Waals surface area contributed by atoms with E-state index in [4.69, 9.17) is 4.74 Å². The van der Waals surface area contributed by atoms with Crippen molar-refractivity contribution in [2.75, 3.05) is 17.7 Å². The van der Waals surface area contributed by atoms with E-state index >= 15 is 0 Å². The Labute approximate surface area is 156 Å². The molecule has 6 nitrogen and oxygen atoms in total. The van der Waals surface area contributed by atoms with Crippen LogP contribution in [0.5, 0.6) is 5.88 Å². The summed E-state index contributed by atoms with van der Waals surface area (Å²) in [7, 11) is 1.56. The van der Waals surface area contributed by atoms with Gasteiger partial charge in [-0.1, -0.05) is 31.2 Å². The number of hydrogen-bond donors (Lipinski definition) is 2. The van der Waals surface area contributed by atoms with Gasteiger partial charge in [-0.15, -0.1) is 0 Å². The fraction of sp³-hybridized carbons (Fsp3) is 0.211. The molecule has 0 aliphatic rings. The minimum Gasteiger partial charge on any atom is -0.481 e. The number of carbonyl (C=O) groups is 1. The van der Waals surface area contributed by atoms with Gasteiger partial charge in [0.05, 0.1) is 18.4 Å². The van der Waals surface area contributed by atoms with Crippen molar-refractivity contribution in [1.29, 1.82) is 0 Å². The van der Waals surface area contributed by atoms with Crippen LogP contribution in [0.4, 0.5) is 16.5 Å². The zero-order valence-corrected chi connectivity index (χ0v) is 15.7. The number of aromatic nitrogens is 2. The number of rotatable bonds is 6. The molecule has 0 atom stereocenters. The van der Waals surface area contributed by atoms with E-state index in [1.807, 2.05) is 43.3 Å². The van der Waals surface area contributed by atoms with Crippen molar-refractivity contribution < 1.29 is 9.53 Å². The molecule has 134 valence electrons. The molecule has 2 N–H and O–H groups in total. The Morgan fingerprint density at radius 3 is 2.77 bits per heavy atom. The summed E-state index contributed by atoms with van der Waals surface area (Å²) in [4.78, 5) is 17.2. The molecule has 3 aromatic rings. The summed E-state index contributed by atoms with van der Waals surface area (Å²) in [6.45, 7) is 3.88. The van der Waals surface area contributed by atoms with Gasteiger partial charge < -0.3 is 15.4 Å². The highest BCUT2D eigenvalue weighted by Gasteiger charge is 2.20. The molecule has 0 unspecified atom stereocenters. The molecule has 0 fully saturated rings. The van der Waals surface area contributed by atoms with Crippen molar-refractivity contribution in [1.82, 2.24) is 9.36 Å². The Bertz CT molecular complexity index is 923. The first-order valence-electron chi connectivity index (χ1n) is 8.26. The minimum atomic E-state index is -0.192. The summed E-state index contributed by atoms with van der Waals surface area (Å²) >= 11 is 1.23. The molecule has 2 heterocycles. The predicted molar refractivity (Wildman–Crippen MR) is 105 cm³/mol. The van der Waals surface area contributed by atoms with Gasteiger partial charge in [-0.3, -0.25) is 4.79 Å². The van der Waals surface area contributed by atoms with E-state index in [0.717, 1.165) is 17.7 Å². The number of benzene rings is 1. The molecule has 1 amide bonds. The average Bonchev–Trinajstić information content (AvgIpc) is 3.02. The second-order valence-electron chi connectivity index (χ2n) is 5.63. The third-order valence-electron chi connectivity index (χ3n) is 3.91. The summed E-state index contributed by atoms with van der Waals surface area (Å²) in [5.41, 5.74) is 3.10. The SMILES string of the molecule is CCc1ccccc1NC(=O)c1c(C)nsc1Nc1cccc(OC)n1. The third kappa shape index (κ3) is 3.83. The van der Waals surface area contributed by atoms with E-state index in [-0.39, 0.29) is 5.91 Å². The smallest absolute Gasteiger partial charge is 0.260 e. The fourth-order valence-corrected chi connectivity index (χ4v) is 3.37. The topological polar surface area (TPSA) is 76.1 Å². The highest BCUT2D eigenvalue weighted by molar-refractivity contribution is 7.10. The number of methoxy groups -OCH3 is 1. The number of anilines is 3. The molecule has 0 saturated carbocycles. The number of hydrogen-bond acceptors (Lipinski definition) is 6. The maximum atomic E-state index is 12.9. The van der Waals surface area contributed by atoms with Gasteiger partial charge in [-0.25, -0.2) is 0 Å². The number of nitrogens with zero attached hydrogens (tertiary/aromatic N) is 2. The monoisotopic (exact) mass is 368 g/mol. The maximum absolute atomic E-state index is 12.9. The van der Waals surface area contributed by atoms with Crippen LogP contribution in [0.15, 0.2) is 42.5 Å². The van der Waals surface area contributed by atoms with E-state index in [9.17, 15) is 4.79 Å². The van der Waals surface area contributed by atoms with Crippen molar-refractivity contribution in [3.05, 3.63) is 59.3 Å². The van der Waals surface area contributed by atoms with Crippen molar-refractivity contribution >= 4 is 33.9 Å². The van der Waals surface area contributed by atoms with Crippen LogP contribution in [0.1, 0.15) is 28.5 Å². The molecule has 0 spiro atoms. The summed E-state index contributed by atoms with van der Waals surface area (Å²) < 4.78 is 9.46. The molecule has 3 rings (SSSR count). The molecule has 0 aliphatic carbocycles. The van der Waals surface area contributed by atoms with E-state index in [0.29, 0.717) is 28.0 Å². The normalized spacial score (nSPS) is 10.4. The van der Waals surface area contributed by atoms with Gasteiger partial charge in [0.15, 0.2) is 0 Å². The Morgan fingerprint density at radius 2 is 2.00 bits per heavy atom.